The first-order chi connectivity index (χ1) is 7.20. The summed E-state index contributed by atoms with van der Waals surface area (Å²) in [5.41, 5.74) is 6.06. The summed E-state index contributed by atoms with van der Waals surface area (Å²) in [5, 5.41) is 2.86. The maximum atomic E-state index is 11.2. The summed E-state index contributed by atoms with van der Waals surface area (Å²) >= 11 is 0. The molecule has 0 heterocycles. The summed E-state index contributed by atoms with van der Waals surface area (Å²) in [6.45, 7) is 2.46. The molecule has 3 N–H and O–H groups in total. The molecule has 0 fully saturated rings. The fraction of sp³-hybridized carbons (Fsp3) is 0.364. The number of carbonyl (C=O) groups excluding carboxylic acids is 1. The number of primary amides is 1. The van der Waals surface area contributed by atoms with E-state index < -0.39 is 11.9 Å². The van der Waals surface area contributed by atoms with Gasteiger partial charge in [0.05, 0.1) is 6.61 Å². The summed E-state index contributed by atoms with van der Waals surface area (Å²) in [4.78, 5) is 11.2. The molecule has 0 aliphatic carbocycles. The Bertz CT molecular complexity index is 339. The first-order valence-electron chi connectivity index (χ1n) is 4.89. The fourth-order valence-electron chi connectivity index (χ4n) is 1.46. The second-order valence-electron chi connectivity index (χ2n) is 3.09. The van der Waals surface area contributed by atoms with E-state index >= 15 is 0 Å². The van der Waals surface area contributed by atoms with E-state index in [1.54, 1.807) is 7.05 Å². The number of ether oxygens (including phenoxy) is 1. The van der Waals surface area contributed by atoms with Crippen molar-refractivity contribution in [2.45, 2.75) is 13.0 Å². The van der Waals surface area contributed by atoms with Crippen LogP contribution >= 0.6 is 0 Å². The zero-order valence-electron chi connectivity index (χ0n) is 8.99. The molecular formula is C11H16N2O2. The van der Waals surface area contributed by atoms with Crippen molar-refractivity contribution in [2.24, 2.45) is 5.73 Å². The molecule has 4 nitrogen and oxygen atoms in total. The molecule has 15 heavy (non-hydrogen) atoms. The monoisotopic (exact) mass is 208 g/mol. The molecule has 0 aromatic heterocycles. The van der Waals surface area contributed by atoms with Gasteiger partial charge in [0.25, 0.3) is 0 Å². The van der Waals surface area contributed by atoms with Gasteiger partial charge in [0.2, 0.25) is 5.91 Å². The van der Waals surface area contributed by atoms with Gasteiger partial charge in [0.1, 0.15) is 11.8 Å². The topological polar surface area (TPSA) is 64.3 Å². The molecule has 1 rings (SSSR count). The molecule has 1 atom stereocenters. The van der Waals surface area contributed by atoms with Crippen molar-refractivity contribution in [1.82, 2.24) is 5.32 Å². The van der Waals surface area contributed by atoms with Crippen molar-refractivity contribution >= 4 is 5.91 Å². The first-order valence-corrected chi connectivity index (χ1v) is 4.89. The van der Waals surface area contributed by atoms with Crippen LogP contribution in [0.2, 0.25) is 0 Å². The largest absolute Gasteiger partial charge is 0.494 e. The van der Waals surface area contributed by atoms with Crippen LogP contribution in [0.1, 0.15) is 18.5 Å². The quantitative estimate of drug-likeness (QED) is 0.753. The molecule has 0 bridgehead atoms. The average Bonchev–Trinajstić information content (AvgIpc) is 2.21. The second-order valence-corrected chi connectivity index (χ2v) is 3.09. The highest BCUT2D eigenvalue weighted by molar-refractivity contribution is 5.82. The normalized spacial score (nSPS) is 12.1. The maximum Gasteiger partial charge on any atom is 0.239 e. The Labute approximate surface area is 89.4 Å². The number of benzene rings is 1. The van der Waals surface area contributed by atoms with Crippen molar-refractivity contribution in [3.05, 3.63) is 29.8 Å². The highest BCUT2D eigenvalue weighted by Crippen LogP contribution is 2.24. The van der Waals surface area contributed by atoms with Crippen LogP contribution in [0.25, 0.3) is 0 Å². The number of carbonyl (C=O) groups is 1. The summed E-state index contributed by atoms with van der Waals surface area (Å²) < 4.78 is 5.42. The number of hydrogen-bond acceptors (Lipinski definition) is 3. The number of nitrogens with two attached hydrogens (primary N) is 1. The van der Waals surface area contributed by atoms with Gasteiger partial charge in [-0.1, -0.05) is 18.2 Å². The van der Waals surface area contributed by atoms with Gasteiger partial charge in [0.15, 0.2) is 0 Å². The molecule has 0 radical (unpaired) electrons. The van der Waals surface area contributed by atoms with Crippen molar-refractivity contribution in [3.63, 3.8) is 0 Å². The number of likely N-dealkylation sites (N-methyl/N-ethyl adjacent to an activating group) is 1. The molecule has 0 spiro atoms. The van der Waals surface area contributed by atoms with Crippen molar-refractivity contribution < 1.29 is 9.53 Å². The molecule has 1 amide bonds. The molecule has 4 heteroatoms. The van der Waals surface area contributed by atoms with E-state index in [2.05, 4.69) is 5.32 Å². The van der Waals surface area contributed by atoms with E-state index in [9.17, 15) is 4.79 Å². The highest BCUT2D eigenvalue weighted by Gasteiger charge is 2.18. The zero-order valence-corrected chi connectivity index (χ0v) is 8.99. The van der Waals surface area contributed by atoms with Crippen LogP contribution in [0.4, 0.5) is 0 Å². The summed E-state index contributed by atoms with van der Waals surface area (Å²) in [7, 11) is 1.69. The molecule has 0 aliphatic rings. The summed E-state index contributed by atoms with van der Waals surface area (Å²) in [6, 6.07) is 6.86. The smallest absolute Gasteiger partial charge is 0.239 e. The fourth-order valence-corrected chi connectivity index (χ4v) is 1.46. The Balaban J connectivity index is 3.04. The first kappa shape index (κ1) is 11.5. The van der Waals surface area contributed by atoms with Crippen LogP contribution in [0.15, 0.2) is 24.3 Å². The Morgan fingerprint density at radius 2 is 2.20 bits per heavy atom. The maximum absolute atomic E-state index is 11.2. The van der Waals surface area contributed by atoms with E-state index in [0.717, 1.165) is 5.56 Å². The molecule has 1 aromatic rings. The molecule has 0 saturated carbocycles. The number of hydrogen-bond donors (Lipinski definition) is 2. The number of para-hydroxylation sites is 1. The van der Waals surface area contributed by atoms with Gasteiger partial charge in [-0.3, -0.25) is 4.79 Å². The van der Waals surface area contributed by atoms with E-state index in [1.807, 2.05) is 31.2 Å². The van der Waals surface area contributed by atoms with Crippen molar-refractivity contribution in [2.75, 3.05) is 13.7 Å². The molecule has 0 aliphatic heterocycles. The van der Waals surface area contributed by atoms with Gasteiger partial charge in [0, 0.05) is 5.56 Å². The second kappa shape index (κ2) is 5.36. The SMILES string of the molecule is CCOc1ccccc1C(NC)C(N)=O. The standard InChI is InChI=1S/C11H16N2O2/c1-3-15-9-7-5-4-6-8(9)10(13-2)11(12)14/h4-7,10,13H,3H2,1-2H3,(H2,12,14). The lowest BCUT2D eigenvalue weighted by molar-refractivity contribution is -0.120. The van der Waals surface area contributed by atoms with E-state index in [1.165, 1.54) is 0 Å². The summed E-state index contributed by atoms with van der Waals surface area (Å²) in [5.74, 6) is 0.280. The minimum absolute atomic E-state index is 0.412. The lowest BCUT2D eigenvalue weighted by Gasteiger charge is -2.16. The van der Waals surface area contributed by atoms with Crippen LogP contribution in [0.3, 0.4) is 0 Å². The van der Waals surface area contributed by atoms with E-state index in [-0.39, 0.29) is 0 Å². The van der Waals surface area contributed by atoms with Crippen LogP contribution < -0.4 is 15.8 Å². The number of nitrogens with one attached hydrogen (secondary N) is 1. The predicted octanol–water partition coefficient (Wildman–Crippen LogP) is 0.831. The Morgan fingerprint density at radius 1 is 1.53 bits per heavy atom. The minimum Gasteiger partial charge on any atom is -0.494 e. The molecular weight excluding hydrogens is 192 g/mol. The Kier molecular flexibility index (Phi) is 4.12. The molecule has 1 aromatic carbocycles. The Morgan fingerprint density at radius 3 is 2.73 bits per heavy atom. The van der Waals surface area contributed by atoms with Gasteiger partial charge in [-0.25, -0.2) is 0 Å². The summed E-state index contributed by atoms with van der Waals surface area (Å²) in [6.07, 6.45) is 0. The Hall–Kier alpha value is -1.55. The average molecular weight is 208 g/mol. The zero-order chi connectivity index (χ0) is 11.3. The predicted molar refractivity (Wildman–Crippen MR) is 58.6 cm³/mol. The van der Waals surface area contributed by atoms with Gasteiger partial charge in [-0.2, -0.15) is 0 Å². The van der Waals surface area contributed by atoms with Gasteiger partial charge in [-0.05, 0) is 20.0 Å². The highest BCUT2D eigenvalue weighted by atomic mass is 16.5. The molecule has 82 valence electrons. The molecule has 0 saturated heterocycles. The van der Waals surface area contributed by atoms with E-state index in [4.69, 9.17) is 10.5 Å². The number of rotatable bonds is 5. The third-order valence-electron chi connectivity index (χ3n) is 2.10. The van der Waals surface area contributed by atoms with Crippen LogP contribution in [0.5, 0.6) is 5.75 Å². The third-order valence-corrected chi connectivity index (χ3v) is 2.10. The lowest BCUT2D eigenvalue weighted by atomic mass is 10.1. The lowest BCUT2D eigenvalue weighted by Crippen LogP contribution is -2.31. The number of amides is 1. The van der Waals surface area contributed by atoms with Crippen LogP contribution in [-0.4, -0.2) is 19.6 Å². The molecule has 1 unspecified atom stereocenters. The van der Waals surface area contributed by atoms with E-state index in [0.29, 0.717) is 12.4 Å². The van der Waals surface area contributed by atoms with Crippen LogP contribution in [-0.2, 0) is 4.79 Å². The minimum atomic E-state index is -0.507. The van der Waals surface area contributed by atoms with Crippen LogP contribution in [0, 0.1) is 0 Å². The van der Waals surface area contributed by atoms with Crippen molar-refractivity contribution in [1.29, 1.82) is 0 Å². The van der Waals surface area contributed by atoms with Crippen molar-refractivity contribution in [3.8, 4) is 5.75 Å². The van der Waals surface area contributed by atoms with Gasteiger partial charge in [-0.15, -0.1) is 0 Å². The van der Waals surface area contributed by atoms with Gasteiger partial charge >= 0.3 is 0 Å². The van der Waals surface area contributed by atoms with Gasteiger partial charge < -0.3 is 15.8 Å². The third kappa shape index (κ3) is 2.70.